The number of benzene rings is 2. The number of hydrogen-bond acceptors (Lipinski definition) is 5. The number of hydrogen-bond donors (Lipinski definition) is 1. The van der Waals surface area contributed by atoms with Crippen molar-refractivity contribution in [2.45, 2.75) is 4.90 Å². The number of ether oxygens (including phenoxy) is 2. The molecule has 140 valence electrons. The minimum Gasteiger partial charge on any atom is -0.493 e. The lowest BCUT2D eigenvalue weighted by Gasteiger charge is -2.10. The number of rotatable bonds is 8. The first kappa shape index (κ1) is 21.2. The number of thioether (sulfide) groups is 1. The predicted molar refractivity (Wildman–Crippen MR) is 113 cm³/mol. The lowest BCUT2D eigenvalue weighted by atomic mass is 10.2. The molecule has 0 unspecified atom stereocenters. The van der Waals surface area contributed by atoms with Gasteiger partial charge in [-0.3, -0.25) is 4.79 Å². The van der Waals surface area contributed by atoms with Gasteiger partial charge in [0, 0.05) is 20.0 Å². The standard InChI is InChI=1S/C19H16BrClN2O3S/c1-3-8-26-18-10-16(20)13(9-17(18)25-2)11-22-23-19(24)12-27-15-6-4-14(21)5-7-15/h1,4-7,9-11H,8,12H2,2H3,(H,23,24)/b22-11-. The summed E-state index contributed by atoms with van der Waals surface area (Å²) in [4.78, 5) is 12.9. The maximum atomic E-state index is 11.9. The molecule has 0 radical (unpaired) electrons. The third-order valence-electron chi connectivity index (χ3n) is 3.17. The molecule has 0 aliphatic heterocycles. The van der Waals surface area contributed by atoms with Gasteiger partial charge in [-0.05, 0) is 52.3 Å². The van der Waals surface area contributed by atoms with Gasteiger partial charge in [-0.15, -0.1) is 18.2 Å². The Bertz CT molecular complexity index is 866. The molecule has 0 saturated heterocycles. The molecule has 0 spiro atoms. The van der Waals surface area contributed by atoms with E-state index in [1.54, 1.807) is 24.3 Å². The van der Waals surface area contributed by atoms with E-state index in [2.05, 4.69) is 32.4 Å². The third kappa shape index (κ3) is 6.83. The summed E-state index contributed by atoms with van der Waals surface area (Å²) in [6, 6.07) is 10.7. The molecule has 2 rings (SSSR count). The number of amides is 1. The topological polar surface area (TPSA) is 59.9 Å². The van der Waals surface area contributed by atoms with Crippen molar-refractivity contribution in [3.05, 3.63) is 51.5 Å². The molecule has 2 aromatic rings. The van der Waals surface area contributed by atoms with Crippen LogP contribution in [0.1, 0.15) is 5.56 Å². The van der Waals surface area contributed by atoms with Crippen LogP contribution in [0.4, 0.5) is 0 Å². The second kappa shape index (κ2) is 10.9. The quantitative estimate of drug-likeness (QED) is 0.271. The lowest BCUT2D eigenvalue weighted by Crippen LogP contribution is -2.19. The molecule has 8 heteroatoms. The van der Waals surface area contributed by atoms with Crippen LogP contribution in [-0.4, -0.2) is 31.6 Å². The Labute approximate surface area is 175 Å². The number of halogens is 2. The molecule has 1 N–H and O–H groups in total. The highest BCUT2D eigenvalue weighted by Crippen LogP contribution is 2.32. The largest absolute Gasteiger partial charge is 0.493 e. The minimum atomic E-state index is -0.219. The maximum absolute atomic E-state index is 11.9. The Morgan fingerprint density at radius 3 is 2.78 bits per heavy atom. The second-order valence-electron chi connectivity index (χ2n) is 5.05. The Balaban J connectivity index is 1.93. The van der Waals surface area contributed by atoms with E-state index in [0.29, 0.717) is 22.1 Å². The van der Waals surface area contributed by atoms with E-state index in [4.69, 9.17) is 27.5 Å². The molecule has 2 aromatic carbocycles. The molecular weight excluding hydrogens is 452 g/mol. The van der Waals surface area contributed by atoms with Crippen molar-refractivity contribution in [3.63, 3.8) is 0 Å². The maximum Gasteiger partial charge on any atom is 0.250 e. The van der Waals surface area contributed by atoms with Crippen molar-refractivity contribution in [1.29, 1.82) is 0 Å². The number of carbonyl (C=O) groups excluding carboxylic acids is 1. The molecule has 0 bridgehead atoms. The van der Waals surface area contributed by atoms with Crippen molar-refractivity contribution < 1.29 is 14.3 Å². The Morgan fingerprint density at radius 1 is 1.37 bits per heavy atom. The van der Waals surface area contributed by atoms with E-state index in [-0.39, 0.29) is 18.3 Å². The SMILES string of the molecule is C#CCOc1cc(Br)c(/C=N\NC(=O)CSc2ccc(Cl)cc2)cc1OC. The highest BCUT2D eigenvalue weighted by Gasteiger charge is 2.09. The molecule has 27 heavy (non-hydrogen) atoms. The van der Waals surface area contributed by atoms with E-state index in [0.717, 1.165) is 9.37 Å². The zero-order chi connectivity index (χ0) is 19.6. The van der Waals surface area contributed by atoms with Gasteiger partial charge in [0.2, 0.25) is 5.91 Å². The zero-order valence-corrected chi connectivity index (χ0v) is 17.5. The van der Waals surface area contributed by atoms with Gasteiger partial charge in [0.1, 0.15) is 6.61 Å². The first-order valence-electron chi connectivity index (χ1n) is 7.67. The van der Waals surface area contributed by atoms with E-state index in [1.807, 2.05) is 12.1 Å². The van der Waals surface area contributed by atoms with Gasteiger partial charge < -0.3 is 9.47 Å². The predicted octanol–water partition coefficient (Wildman–Crippen LogP) is 4.37. The molecule has 0 aliphatic rings. The molecule has 0 aromatic heterocycles. The van der Waals surface area contributed by atoms with Crippen LogP contribution in [0.25, 0.3) is 0 Å². The van der Waals surface area contributed by atoms with Gasteiger partial charge in [-0.2, -0.15) is 5.10 Å². The van der Waals surface area contributed by atoms with Crippen molar-refractivity contribution in [1.82, 2.24) is 5.43 Å². The minimum absolute atomic E-state index is 0.136. The molecule has 0 atom stereocenters. The molecule has 1 amide bonds. The summed E-state index contributed by atoms with van der Waals surface area (Å²) in [5.41, 5.74) is 3.20. The Hall–Kier alpha value is -2.14. The summed E-state index contributed by atoms with van der Waals surface area (Å²) in [6.07, 6.45) is 6.72. The summed E-state index contributed by atoms with van der Waals surface area (Å²) >= 11 is 10.7. The highest BCUT2D eigenvalue weighted by atomic mass is 79.9. The molecule has 0 saturated carbocycles. The van der Waals surface area contributed by atoms with Crippen LogP contribution >= 0.6 is 39.3 Å². The third-order valence-corrected chi connectivity index (χ3v) is 5.12. The average molecular weight is 468 g/mol. The fraction of sp³-hybridized carbons (Fsp3) is 0.158. The summed E-state index contributed by atoms with van der Waals surface area (Å²) in [5, 5.41) is 4.64. The van der Waals surface area contributed by atoms with Crippen LogP contribution < -0.4 is 14.9 Å². The summed E-state index contributed by atoms with van der Waals surface area (Å²) < 4.78 is 11.4. The van der Waals surface area contributed by atoms with Crippen LogP contribution in [-0.2, 0) is 4.79 Å². The highest BCUT2D eigenvalue weighted by molar-refractivity contribution is 9.10. The Morgan fingerprint density at radius 2 is 2.11 bits per heavy atom. The first-order valence-corrected chi connectivity index (χ1v) is 9.83. The molecule has 0 heterocycles. The number of carbonyl (C=O) groups is 1. The summed E-state index contributed by atoms with van der Waals surface area (Å²) in [7, 11) is 1.53. The Kier molecular flexibility index (Phi) is 8.52. The van der Waals surface area contributed by atoms with Crippen LogP contribution in [0.5, 0.6) is 11.5 Å². The van der Waals surface area contributed by atoms with Crippen molar-refractivity contribution in [2.75, 3.05) is 19.5 Å². The second-order valence-corrected chi connectivity index (χ2v) is 7.39. The number of nitrogens with one attached hydrogen (secondary N) is 1. The normalized spacial score (nSPS) is 10.4. The fourth-order valence-corrected chi connectivity index (χ4v) is 3.17. The van der Waals surface area contributed by atoms with Gasteiger partial charge in [-0.1, -0.05) is 17.5 Å². The van der Waals surface area contributed by atoms with E-state index in [1.165, 1.54) is 25.1 Å². The first-order chi connectivity index (χ1) is 13.0. The number of methoxy groups -OCH3 is 1. The number of nitrogens with zero attached hydrogens (tertiary/aromatic N) is 1. The number of hydrazone groups is 1. The van der Waals surface area contributed by atoms with Crippen molar-refractivity contribution in [2.24, 2.45) is 5.10 Å². The van der Waals surface area contributed by atoms with E-state index >= 15 is 0 Å². The molecule has 0 fully saturated rings. The van der Waals surface area contributed by atoms with Gasteiger partial charge in [0.05, 0.1) is 19.1 Å². The van der Waals surface area contributed by atoms with Crippen LogP contribution in [0.15, 0.2) is 50.9 Å². The smallest absolute Gasteiger partial charge is 0.250 e. The lowest BCUT2D eigenvalue weighted by molar-refractivity contribution is -0.118. The molecule has 0 aliphatic carbocycles. The summed E-state index contributed by atoms with van der Waals surface area (Å²) in [5.74, 6) is 3.45. The van der Waals surface area contributed by atoms with Crippen LogP contribution in [0, 0.1) is 12.3 Å². The van der Waals surface area contributed by atoms with Crippen molar-refractivity contribution in [3.8, 4) is 23.8 Å². The van der Waals surface area contributed by atoms with Gasteiger partial charge in [-0.25, -0.2) is 5.43 Å². The average Bonchev–Trinajstić information content (AvgIpc) is 2.67. The van der Waals surface area contributed by atoms with Gasteiger partial charge in [0.15, 0.2) is 11.5 Å². The van der Waals surface area contributed by atoms with Crippen molar-refractivity contribution >= 4 is 51.4 Å². The van der Waals surface area contributed by atoms with Crippen LogP contribution in [0.3, 0.4) is 0 Å². The zero-order valence-electron chi connectivity index (χ0n) is 14.4. The summed E-state index contributed by atoms with van der Waals surface area (Å²) in [6.45, 7) is 0.136. The number of terminal acetylenes is 1. The molecular formula is C19H16BrClN2O3S. The monoisotopic (exact) mass is 466 g/mol. The van der Waals surface area contributed by atoms with Crippen LogP contribution in [0.2, 0.25) is 5.02 Å². The molecule has 5 nitrogen and oxygen atoms in total. The van der Waals surface area contributed by atoms with Gasteiger partial charge in [0.25, 0.3) is 0 Å². The fourth-order valence-electron chi connectivity index (χ4n) is 1.93. The van der Waals surface area contributed by atoms with E-state index < -0.39 is 0 Å². The van der Waals surface area contributed by atoms with Gasteiger partial charge >= 0.3 is 0 Å². The van der Waals surface area contributed by atoms with E-state index in [9.17, 15) is 4.79 Å².